The van der Waals surface area contributed by atoms with Crippen LogP contribution < -0.4 is 0 Å². The van der Waals surface area contributed by atoms with E-state index in [4.69, 9.17) is 35.4 Å². The second-order valence-corrected chi connectivity index (χ2v) is 6.77. The maximum absolute atomic E-state index is 6.21. The lowest BCUT2D eigenvalue weighted by Gasteiger charge is -2.22. The Kier molecular flexibility index (Phi) is 4.71. The standard InChI is InChI=1S/C10H11Cl2NS2/c1-13(2)9(14)15-10(11,12)8-6-4-3-5-7-8/h3-7H,1-2H3. The average Bonchev–Trinajstić information content (AvgIpc) is 2.18. The van der Waals surface area contributed by atoms with Crippen molar-refractivity contribution in [3.63, 3.8) is 0 Å². The minimum atomic E-state index is -1.03. The molecule has 0 aliphatic rings. The van der Waals surface area contributed by atoms with E-state index in [2.05, 4.69) is 0 Å². The fourth-order valence-corrected chi connectivity index (χ4v) is 2.89. The first-order valence-electron chi connectivity index (χ1n) is 4.27. The largest absolute Gasteiger partial charge is 0.364 e. The van der Waals surface area contributed by atoms with Crippen molar-refractivity contribution in [1.29, 1.82) is 0 Å². The number of thioether (sulfide) groups is 1. The van der Waals surface area contributed by atoms with Gasteiger partial charge in [0, 0.05) is 14.1 Å². The van der Waals surface area contributed by atoms with Gasteiger partial charge in [-0.2, -0.15) is 0 Å². The third-order valence-electron chi connectivity index (χ3n) is 1.69. The molecule has 0 aliphatic carbocycles. The van der Waals surface area contributed by atoms with Crippen molar-refractivity contribution in [3.05, 3.63) is 35.9 Å². The lowest BCUT2D eigenvalue weighted by atomic mass is 10.2. The molecule has 0 heterocycles. The zero-order chi connectivity index (χ0) is 11.5. The number of benzene rings is 1. The van der Waals surface area contributed by atoms with Crippen LogP contribution in [-0.2, 0) is 3.67 Å². The molecule has 0 N–H and O–H groups in total. The highest BCUT2D eigenvalue weighted by atomic mass is 35.5. The van der Waals surface area contributed by atoms with E-state index in [9.17, 15) is 0 Å². The first-order chi connectivity index (χ1) is 6.93. The van der Waals surface area contributed by atoms with Crippen molar-refractivity contribution >= 4 is 51.5 Å². The molecule has 0 aromatic heterocycles. The smallest absolute Gasteiger partial charge is 0.194 e. The topological polar surface area (TPSA) is 3.24 Å². The van der Waals surface area contributed by atoms with E-state index in [1.54, 1.807) is 0 Å². The Bertz CT molecular complexity index is 339. The monoisotopic (exact) mass is 279 g/mol. The number of hydrogen-bond acceptors (Lipinski definition) is 2. The minimum absolute atomic E-state index is 0.656. The van der Waals surface area contributed by atoms with Gasteiger partial charge in [0.15, 0.2) is 3.67 Å². The van der Waals surface area contributed by atoms with Crippen molar-refractivity contribution in [2.24, 2.45) is 0 Å². The Balaban J connectivity index is 2.80. The second kappa shape index (κ2) is 5.39. The Morgan fingerprint density at radius 2 is 1.80 bits per heavy atom. The van der Waals surface area contributed by atoms with E-state index in [1.165, 1.54) is 11.8 Å². The Morgan fingerprint density at radius 1 is 1.27 bits per heavy atom. The predicted molar refractivity (Wildman–Crippen MR) is 73.7 cm³/mol. The summed E-state index contributed by atoms with van der Waals surface area (Å²) in [5.41, 5.74) is 0.836. The van der Waals surface area contributed by atoms with Crippen LogP contribution in [0.5, 0.6) is 0 Å². The molecular weight excluding hydrogens is 269 g/mol. The minimum Gasteiger partial charge on any atom is -0.364 e. The van der Waals surface area contributed by atoms with E-state index in [-0.39, 0.29) is 0 Å². The number of thiocarbonyl (C=S) groups is 1. The van der Waals surface area contributed by atoms with Crippen LogP contribution in [0.1, 0.15) is 5.56 Å². The van der Waals surface area contributed by atoms with Crippen molar-refractivity contribution in [2.45, 2.75) is 3.67 Å². The Hall–Kier alpha value is 0.0400. The number of hydrogen-bond donors (Lipinski definition) is 0. The number of nitrogens with zero attached hydrogens (tertiary/aromatic N) is 1. The van der Waals surface area contributed by atoms with Crippen molar-refractivity contribution in [3.8, 4) is 0 Å². The zero-order valence-electron chi connectivity index (χ0n) is 8.41. The van der Waals surface area contributed by atoms with Gasteiger partial charge in [-0.15, -0.1) is 0 Å². The molecular formula is C10H11Cl2NS2. The highest BCUT2D eigenvalue weighted by molar-refractivity contribution is 8.24. The third-order valence-corrected chi connectivity index (χ3v) is 4.24. The van der Waals surface area contributed by atoms with Crippen LogP contribution in [0.25, 0.3) is 0 Å². The van der Waals surface area contributed by atoms with Gasteiger partial charge in [0.2, 0.25) is 0 Å². The average molecular weight is 280 g/mol. The van der Waals surface area contributed by atoms with Crippen LogP contribution in [0.3, 0.4) is 0 Å². The first kappa shape index (κ1) is 13.1. The van der Waals surface area contributed by atoms with Crippen LogP contribution in [0.2, 0.25) is 0 Å². The number of alkyl halides is 2. The van der Waals surface area contributed by atoms with E-state index >= 15 is 0 Å². The molecule has 0 radical (unpaired) electrons. The number of rotatable bonds is 2. The quantitative estimate of drug-likeness (QED) is 0.598. The summed E-state index contributed by atoms with van der Waals surface area (Å²) in [5.74, 6) is 0. The van der Waals surface area contributed by atoms with Crippen molar-refractivity contribution in [1.82, 2.24) is 4.90 Å². The van der Waals surface area contributed by atoms with Crippen molar-refractivity contribution < 1.29 is 0 Å². The molecule has 15 heavy (non-hydrogen) atoms. The van der Waals surface area contributed by atoms with Crippen LogP contribution in [0.4, 0.5) is 0 Å². The Morgan fingerprint density at radius 3 is 2.27 bits per heavy atom. The molecule has 0 unspecified atom stereocenters. The van der Waals surface area contributed by atoms with Crippen LogP contribution in [0.15, 0.2) is 30.3 Å². The van der Waals surface area contributed by atoms with Crippen LogP contribution in [-0.4, -0.2) is 23.3 Å². The van der Waals surface area contributed by atoms with E-state index < -0.39 is 3.67 Å². The summed E-state index contributed by atoms with van der Waals surface area (Å²) in [6.45, 7) is 0. The van der Waals surface area contributed by atoms with Gasteiger partial charge in [-0.05, 0) is 5.56 Å². The van der Waals surface area contributed by atoms with Gasteiger partial charge in [-0.1, -0.05) is 77.5 Å². The highest BCUT2D eigenvalue weighted by Gasteiger charge is 2.29. The lowest BCUT2D eigenvalue weighted by Crippen LogP contribution is -2.20. The summed E-state index contributed by atoms with van der Waals surface area (Å²) >= 11 is 18.8. The molecule has 0 atom stereocenters. The summed E-state index contributed by atoms with van der Waals surface area (Å²) in [4.78, 5) is 1.81. The van der Waals surface area contributed by atoms with Gasteiger partial charge in [0.05, 0.1) is 0 Å². The molecule has 5 heteroatoms. The van der Waals surface area contributed by atoms with Gasteiger partial charge >= 0.3 is 0 Å². The summed E-state index contributed by atoms with van der Waals surface area (Å²) in [5, 5.41) is 0. The molecule has 0 fully saturated rings. The third kappa shape index (κ3) is 3.83. The van der Waals surface area contributed by atoms with E-state index in [0.717, 1.165) is 5.56 Å². The summed E-state index contributed by atoms with van der Waals surface area (Å²) < 4.78 is -0.369. The van der Waals surface area contributed by atoms with Gasteiger partial charge in [0.1, 0.15) is 4.32 Å². The maximum Gasteiger partial charge on any atom is 0.194 e. The fraction of sp³-hybridized carbons (Fsp3) is 0.300. The molecule has 1 nitrogen and oxygen atoms in total. The molecule has 0 bridgehead atoms. The molecule has 1 rings (SSSR count). The van der Waals surface area contributed by atoms with Gasteiger partial charge in [-0.3, -0.25) is 0 Å². The molecule has 0 amide bonds. The Labute approximate surface area is 110 Å². The maximum atomic E-state index is 6.21. The normalized spacial score (nSPS) is 11.2. The molecule has 1 aromatic rings. The van der Waals surface area contributed by atoms with Gasteiger partial charge in [-0.25, -0.2) is 0 Å². The molecule has 0 spiro atoms. The number of halogens is 2. The predicted octanol–water partition coefficient (Wildman–Crippen LogP) is 3.85. The molecule has 0 saturated heterocycles. The van der Waals surface area contributed by atoms with E-state index in [1.807, 2.05) is 49.3 Å². The van der Waals surface area contributed by atoms with E-state index in [0.29, 0.717) is 4.32 Å². The van der Waals surface area contributed by atoms with Crippen LogP contribution in [0, 0.1) is 0 Å². The second-order valence-electron chi connectivity index (χ2n) is 3.15. The SMILES string of the molecule is CN(C)C(=S)SC(Cl)(Cl)c1ccccc1. The van der Waals surface area contributed by atoms with Crippen molar-refractivity contribution in [2.75, 3.05) is 14.1 Å². The highest BCUT2D eigenvalue weighted by Crippen LogP contribution is 2.45. The molecule has 82 valence electrons. The zero-order valence-corrected chi connectivity index (χ0v) is 11.6. The fourth-order valence-electron chi connectivity index (χ4n) is 0.892. The summed E-state index contributed by atoms with van der Waals surface area (Å²) in [6.07, 6.45) is 0. The van der Waals surface area contributed by atoms with Crippen LogP contribution >= 0.6 is 47.2 Å². The van der Waals surface area contributed by atoms with Gasteiger partial charge < -0.3 is 4.90 Å². The lowest BCUT2D eigenvalue weighted by molar-refractivity contribution is 0.647. The summed E-state index contributed by atoms with van der Waals surface area (Å²) in [7, 11) is 3.73. The molecule has 1 aromatic carbocycles. The summed E-state index contributed by atoms with van der Waals surface area (Å²) in [6, 6.07) is 9.47. The molecule has 0 aliphatic heterocycles. The molecule has 0 saturated carbocycles. The first-order valence-corrected chi connectivity index (χ1v) is 6.25. The van der Waals surface area contributed by atoms with Gasteiger partial charge in [0.25, 0.3) is 0 Å².